The molecule has 3 N–H and O–H groups in total. The Morgan fingerprint density at radius 1 is 1.53 bits per heavy atom. The summed E-state index contributed by atoms with van der Waals surface area (Å²) in [5.74, 6) is -0.501. The predicted octanol–water partition coefficient (Wildman–Crippen LogP) is -0.874. The van der Waals surface area contributed by atoms with Gasteiger partial charge in [0.1, 0.15) is 11.3 Å². The van der Waals surface area contributed by atoms with Crippen molar-refractivity contribution in [3.05, 3.63) is 28.2 Å². The van der Waals surface area contributed by atoms with Gasteiger partial charge in [0.15, 0.2) is 0 Å². The number of carbonyl (C=O) groups excluding carboxylic acids is 1. The Balaban J connectivity index is 2.77. The van der Waals surface area contributed by atoms with E-state index >= 15 is 0 Å². The zero-order valence-electron chi connectivity index (χ0n) is 11.1. The summed E-state index contributed by atoms with van der Waals surface area (Å²) in [4.78, 5) is 23.2. The maximum atomic E-state index is 11.8. The molecule has 1 aromatic rings. The number of rotatable bonds is 6. The van der Waals surface area contributed by atoms with Crippen LogP contribution in [0.5, 0.6) is 0 Å². The summed E-state index contributed by atoms with van der Waals surface area (Å²) in [6.07, 6.45) is 0.733. The van der Waals surface area contributed by atoms with E-state index in [1.165, 1.54) is 23.7 Å². The minimum atomic E-state index is -1.38. The van der Waals surface area contributed by atoms with E-state index in [-0.39, 0.29) is 17.8 Å². The molecular formula is C12H19N3O4. The van der Waals surface area contributed by atoms with Crippen LogP contribution in [0.3, 0.4) is 0 Å². The number of nitrogens with zero attached hydrogens (tertiary/aromatic N) is 2. The number of hydrogen-bond acceptors (Lipinski definition) is 5. The van der Waals surface area contributed by atoms with Crippen molar-refractivity contribution >= 4 is 5.91 Å². The Bertz CT molecular complexity index is 496. The molecule has 106 valence electrons. The molecular weight excluding hydrogens is 250 g/mol. The lowest BCUT2D eigenvalue weighted by molar-refractivity contribution is 0.00314. The largest absolute Gasteiger partial charge is 0.393 e. The van der Waals surface area contributed by atoms with Gasteiger partial charge in [-0.05, 0) is 19.4 Å². The van der Waals surface area contributed by atoms with Crippen LogP contribution in [0.1, 0.15) is 30.8 Å². The van der Waals surface area contributed by atoms with Crippen molar-refractivity contribution in [2.75, 3.05) is 13.2 Å². The molecule has 1 rings (SSSR count). The van der Waals surface area contributed by atoms with Gasteiger partial charge in [-0.3, -0.25) is 9.59 Å². The molecule has 1 amide bonds. The molecule has 0 fully saturated rings. The fourth-order valence-electron chi connectivity index (χ4n) is 1.36. The van der Waals surface area contributed by atoms with Crippen molar-refractivity contribution in [3.63, 3.8) is 0 Å². The molecule has 0 saturated carbocycles. The maximum absolute atomic E-state index is 11.8. The fourth-order valence-corrected chi connectivity index (χ4v) is 1.36. The number of hydrogen-bond donors (Lipinski definition) is 3. The molecule has 19 heavy (non-hydrogen) atoms. The number of carbonyl (C=O) groups is 1. The van der Waals surface area contributed by atoms with Crippen molar-refractivity contribution in [1.82, 2.24) is 15.1 Å². The number of nitrogens with one attached hydrogen (secondary N) is 1. The van der Waals surface area contributed by atoms with E-state index in [0.29, 0.717) is 6.54 Å². The van der Waals surface area contributed by atoms with Crippen molar-refractivity contribution in [1.29, 1.82) is 0 Å². The Morgan fingerprint density at radius 2 is 2.21 bits per heavy atom. The first-order valence-corrected chi connectivity index (χ1v) is 6.09. The average Bonchev–Trinajstić information content (AvgIpc) is 2.39. The second-order valence-corrected chi connectivity index (χ2v) is 4.62. The van der Waals surface area contributed by atoms with Crippen molar-refractivity contribution in [3.8, 4) is 0 Å². The van der Waals surface area contributed by atoms with E-state index in [4.69, 9.17) is 5.11 Å². The minimum absolute atomic E-state index is 0.0989. The molecule has 0 aliphatic heterocycles. The van der Waals surface area contributed by atoms with E-state index in [0.717, 1.165) is 6.42 Å². The molecule has 1 unspecified atom stereocenters. The molecule has 7 nitrogen and oxygen atoms in total. The van der Waals surface area contributed by atoms with Crippen molar-refractivity contribution in [2.45, 2.75) is 32.4 Å². The number of aromatic nitrogens is 2. The topological polar surface area (TPSA) is 104 Å². The molecule has 0 bridgehead atoms. The third-order valence-corrected chi connectivity index (χ3v) is 2.51. The second kappa shape index (κ2) is 6.44. The van der Waals surface area contributed by atoms with Crippen LogP contribution in [0, 0.1) is 0 Å². The summed E-state index contributed by atoms with van der Waals surface area (Å²) in [6, 6.07) is 2.61. The van der Waals surface area contributed by atoms with Crippen LogP contribution in [0.2, 0.25) is 0 Å². The molecule has 0 aliphatic carbocycles. The summed E-state index contributed by atoms with van der Waals surface area (Å²) in [5, 5.41) is 24.8. The highest BCUT2D eigenvalue weighted by atomic mass is 16.3. The second-order valence-electron chi connectivity index (χ2n) is 4.62. The predicted molar refractivity (Wildman–Crippen MR) is 68.8 cm³/mol. The molecule has 1 atom stereocenters. The van der Waals surface area contributed by atoms with Crippen LogP contribution < -0.4 is 10.9 Å². The average molecular weight is 269 g/mol. The highest BCUT2D eigenvalue weighted by Gasteiger charge is 2.20. The van der Waals surface area contributed by atoms with Crippen LogP contribution in [-0.4, -0.2) is 44.7 Å². The zero-order valence-corrected chi connectivity index (χ0v) is 11.1. The summed E-state index contributed by atoms with van der Waals surface area (Å²) < 4.78 is 1.22. The first kappa shape index (κ1) is 15.3. The Kier molecular flexibility index (Phi) is 5.20. The van der Waals surface area contributed by atoms with Gasteiger partial charge < -0.3 is 15.5 Å². The Hall–Kier alpha value is -1.73. The van der Waals surface area contributed by atoms with Crippen molar-refractivity contribution < 1.29 is 15.0 Å². The standard InChI is InChI=1S/C12H19N3O4/c1-3-6-15-10(17)5-4-9(14-15)11(18)13-7-12(2,19)8-16/h4-5,16,19H,3,6-8H2,1-2H3,(H,13,18). The first-order valence-electron chi connectivity index (χ1n) is 6.09. The highest BCUT2D eigenvalue weighted by Crippen LogP contribution is 2.00. The Labute approximate surface area is 110 Å². The number of aliphatic hydroxyl groups is 2. The van der Waals surface area contributed by atoms with Gasteiger partial charge in [-0.1, -0.05) is 6.92 Å². The molecule has 0 aliphatic rings. The van der Waals surface area contributed by atoms with E-state index in [1.807, 2.05) is 6.92 Å². The maximum Gasteiger partial charge on any atom is 0.271 e. The van der Waals surface area contributed by atoms with E-state index < -0.39 is 18.1 Å². The van der Waals surface area contributed by atoms with Crippen LogP contribution >= 0.6 is 0 Å². The lowest BCUT2D eigenvalue weighted by atomic mass is 10.1. The lowest BCUT2D eigenvalue weighted by Crippen LogP contribution is -2.43. The van der Waals surface area contributed by atoms with Gasteiger partial charge in [-0.2, -0.15) is 5.10 Å². The molecule has 0 saturated heterocycles. The third kappa shape index (κ3) is 4.46. The van der Waals surface area contributed by atoms with Crippen LogP contribution in [-0.2, 0) is 6.54 Å². The molecule has 0 spiro atoms. The molecule has 1 aromatic heterocycles. The van der Waals surface area contributed by atoms with Gasteiger partial charge in [-0.25, -0.2) is 4.68 Å². The monoisotopic (exact) mass is 269 g/mol. The quantitative estimate of drug-likeness (QED) is 0.622. The summed E-state index contributed by atoms with van der Waals surface area (Å²) in [7, 11) is 0. The third-order valence-electron chi connectivity index (χ3n) is 2.51. The number of aryl methyl sites for hydroxylation is 1. The zero-order chi connectivity index (χ0) is 14.5. The van der Waals surface area contributed by atoms with Crippen LogP contribution in [0.15, 0.2) is 16.9 Å². The summed E-state index contributed by atoms with van der Waals surface area (Å²) >= 11 is 0. The van der Waals surface area contributed by atoms with Gasteiger partial charge >= 0.3 is 0 Å². The highest BCUT2D eigenvalue weighted by molar-refractivity contribution is 5.92. The van der Waals surface area contributed by atoms with Gasteiger partial charge in [0.25, 0.3) is 11.5 Å². The SMILES string of the molecule is CCCn1nc(C(=O)NCC(C)(O)CO)ccc1=O. The van der Waals surface area contributed by atoms with E-state index in [9.17, 15) is 14.7 Å². The fraction of sp³-hybridized carbons (Fsp3) is 0.583. The van der Waals surface area contributed by atoms with Crippen LogP contribution in [0.4, 0.5) is 0 Å². The lowest BCUT2D eigenvalue weighted by Gasteiger charge is -2.20. The van der Waals surface area contributed by atoms with E-state index in [2.05, 4.69) is 10.4 Å². The molecule has 1 heterocycles. The number of aliphatic hydroxyl groups excluding tert-OH is 1. The smallest absolute Gasteiger partial charge is 0.271 e. The molecule has 0 aromatic carbocycles. The molecule has 7 heteroatoms. The number of amides is 1. The van der Waals surface area contributed by atoms with Gasteiger partial charge in [0.2, 0.25) is 0 Å². The van der Waals surface area contributed by atoms with Crippen LogP contribution in [0.25, 0.3) is 0 Å². The van der Waals surface area contributed by atoms with E-state index in [1.54, 1.807) is 0 Å². The Morgan fingerprint density at radius 3 is 2.79 bits per heavy atom. The minimum Gasteiger partial charge on any atom is -0.393 e. The first-order chi connectivity index (χ1) is 8.89. The van der Waals surface area contributed by atoms with Gasteiger partial charge in [0.05, 0.1) is 6.61 Å². The normalized spacial score (nSPS) is 13.9. The van der Waals surface area contributed by atoms with Gasteiger partial charge in [0, 0.05) is 19.2 Å². The summed E-state index contributed by atoms with van der Waals surface area (Å²) in [5.41, 5.74) is -1.55. The van der Waals surface area contributed by atoms with Gasteiger partial charge in [-0.15, -0.1) is 0 Å². The van der Waals surface area contributed by atoms with Crippen molar-refractivity contribution in [2.24, 2.45) is 0 Å². The molecule has 0 radical (unpaired) electrons. The summed E-state index contributed by atoms with van der Waals surface area (Å²) in [6.45, 7) is 3.18.